The Balaban J connectivity index is 2.27. The van der Waals surface area contributed by atoms with Crippen molar-refractivity contribution < 1.29 is 0 Å². The summed E-state index contributed by atoms with van der Waals surface area (Å²) < 4.78 is 1.23. The molecule has 1 aromatic heterocycles. The molecule has 1 aliphatic rings. The Morgan fingerprint density at radius 3 is 2.76 bits per heavy atom. The van der Waals surface area contributed by atoms with Crippen LogP contribution in [0.1, 0.15) is 43.6 Å². The first-order chi connectivity index (χ1) is 8.26. The van der Waals surface area contributed by atoms with Gasteiger partial charge in [0, 0.05) is 12.5 Å². The predicted molar refractivity (Wildman–Crippen MR) is 82.7 cm³/mol. The number of aromatic nitrogens is 2. The normalized spacial score (nSPS) is 15.0. The lowest BCUT2D eigenvalue weighted by atomic mass is 10.2. The minimum Gasteiger partial charge on any atom is -0.369 e. The van der Waals surface area contributed by atoms with Crippen LogP contribution in [-0.4, -0.2) is 22.8 Å². The quantitative estimate of drug-likeness (QED) is 0.783. The summed E-state index contributed by atoms with van der Waals surface area (Å²) in [7, 11) is 0. The molecule has 0 saturated heterocycles. The van der Waals surface area contributed by atoms with Crippen molar-refractivity contribution in [1.82, 2.24) is 9.97 Å². The van der Waals surface area contributed by atoms with Gasteiger partial charge in [0.1, 0.15) is 11.6 Å². The van der Waals surface area contributed by atoms with E-state index in [0.29, 0.717) is 5.92 Å². The van der Waals surface area contributed by atoms with Gasteiger partial charge in [0.2, 0.25) is 0 Å². The van der Waals surface area contributed by atoms with E-state index >= 15 is 0 Å². The lowest BCUT2D eigenvalue weighted by Gasteiger charge is -2.12. The van der Waals surface area contributed by atoms with Gasteiger partial charge in [0.25, 0.3) is 0 Å². The zero-order valence-corrected chi connectivity index (χ0v) is 13.3. The molecule has 0 spiro atoms. The van der Waals surface area contributed by atoms with Gasteiger partial charge in [-0.2, -0.15) is 11.8 Å². The van der Waals surface area contributed by atoms with Crippen LogP contribution >= 0.6 is 34.4 Å². The van der Waals surface area contributed by atoms with E-state index in [4.69, 9.17) is 4.98 Å². The van der Waals surface area contributed by atoms with E-state index < -0.39 is 0 Å². The second kappa shape index (κ2) is 6.22. The number of rotatable bonds is 6. The highest BCUT2D eigenvalue weighted by Crippen LogP contribution is 2.42. The van der Waals surface area contributed by atoms with Gasteiger partial charge in [-0.25, -0.2) is 9.97 Å². The minimum absolute atomic E-state index is 0.688. The fourth-order valence-electron chi connectivity index (χ4n) is 1.69. The summed E-state index contributed by atoms with van der Waals surface area (Å²) in [6.07, 6.45) is 5.80. The number of anilines is 1. The lowest BCUT2D eigenvalue weighted by Crippen LogP contribution is -2.10. The molecular formula is C12H18IN3S. The number of nitrogens with one attached hydrogen (secondary N) is 1. The summed E-state index contributed by atoms with van der Waals surface area (Å²) in [5.41, 5.74) is 1.27. The Bertz CT molecular complexity index is 394. The Kier molecular flexibility index (Phi) is 4.90. The summed E-state index contributed by atoms with van der Waals surface area (Å²) in [4.78, 5) is 9.33. The number of halogens is 1. The second-order valence-corrected chi connectivity index (χ2v) is 6.27. The number of hydrogen-bond donors (Lipinski definition) is 1. The van der Waals surface area contributed by atoms with Gasteiger partial charge in [-0.3, -0.25) is 0 Å². The third-order valence-electron chi connectivity index (χ3n) is 2.70. The molecule has 0 atom stereocenters. The molecule has 1 aliphatic carbocycles. The van der Waals surface area contributed by atoms with E-state index in [0.717, 1.165) is 30.4 Å². The number of hydrogen-bond acceptors (Lipinski definition) is 4. The van der Waals surface area contributed by atoms with Crippen LogP contribution in [0.2, 0.25) is 0 Å². The minimum atomic E-state index is 0.688. The molecule has 17 heavy (non-hydrogen) atoms. The van der Waals surface area contributed by atoms with Gasteiger partial charge >= 0.3 is 0 Å². The fourth-order valence-corrected chi connectivity index (χ4v) is 2.95. The first-order valence-electron chi connectivity index (χ1n) is 6.05. The third kappa shape index (κ3) is 3.47. The molecule has 1 saturated carbocycles. The van der Waals surface area contributed by atoms with Crippen molar-refractivity contribution in [2.24, 2.45) is 0 Å². The van der Waals surface area contributed by atoms with Crippen molar-refractivity contribution in [3.8, 4) is 0 Å². The highest BCUT2D eigenvalue weighted by molar-refractivity contribution is 14.1. The van der Waals surface area contributed by atoms with Crippen LogP contribution in [0.25, 0.3) is 0 Å². The van der Waals surface area contributed by atoms with Crippen LogP contribution in [0.15, 0.2) is 0 Å². The van der Waals surface area contributed by atoms with E-state index in [1.165, 1.54) is 22.1 Å². The molecule has 2 rings (SSSR count). The summed E-state index contributed by atoms with van der Waals surface area (Å²) in [6, 6.07) is 0. The molecule has 0 radical (unpaired) electrons. The standard InChI is InChI=1S/C12H18IN3S/c1-3-6-14-12-10(13)11(8-4-5-8)15-9(16-12)7-17-2/h8H,3-7H2,1-2H3,(H,14,15,16). The van der Waals surface area contributed by atoms with Crippen LogP contribution < -0.4 is 5.32 Å². The molecule has 94 valence electrons. The molecule has 1 heterocycles. The first kappa shape index (κ1) is 13.4. The fraction of sp³-hybridized carbons (Fsp3) is 0.667. The van der Waals surface area contributed by atoms with Gasteiger partial charge < -0.3 is 5.32 Å². The van der Waals surface area contributed by atoms with E-state index in [9.17, 15) is 0 Å². The van der Waals surface area contributed by atoms with Gasteiger partial charge in [-0.1, -0.05) is 6.92 Å². The maximum atomic E-state index is 4.71. The van der Waals surface area contributed by atoms with Crippen LogP contribution in [0.5, 0.6) is 0 Å². The van der Waals surface area contributed by atoms with E-state index in [1.54, 1.807) is 11.8 Å². The number of nitrogens with zero attached hydrogens (tertiary/aromatic N) is 2. The van der Waals surface area contributed by atoms with Crippen LogP contribution in [0.4, 0.5) is 5.82 Å². The van der Waals surface area contributed by atoms with Crippen molar-refractivity contribution in [2.45, 2.75) is 37.9 Å². The molecule has 0 amide bonds. The highest BCUT2D eigenvalue weighted by atomic mass is 127. The molecular weight excluding hydrogens is 345 g/mol. The van der Waals surface area contributed by atoms with Crippen molar-refractivity contribution in [3.63, 3.8) is 0 Å². The van der Waals surface area contributed by atoms with E-state index in [-0.39, 0.29) is 0 Å². The summed E-state index contributed by atoms with van der Waals surface area (Å²) >= 11 is 4.17. The average molecular weight is 363 g/mol. The lowest BCUT2D eigenvalue weighted by molar-refractivity contribution is 0.900. The first-order valence-corrected chi connectivity index (χ1v) is 8.52. The highest BCUT2D eigenvalue weighted by Gasteiger charge is 2.29. The maximum Gasteiger partial charge on any atom is 0.143 e. The smallest absolute Gasteiger partial charge is 0.143 e. The largest absolute Gasteiger partial charge is 0.369 e. The zero-order chi connectivity index (χ0) is 12.3. The average Bonchev–Trinajstić information content (AvgIpc) is 3.14. The van der Waals surface area contributed by atoms with Gasteiger partial charge in [-0.15, -0.1) is 0 Å². The van der Waals surface area contributed by atoms with Crippen molar-refractivity contribution in [1.29, 1.82) is 0 Å². The van der Waals surface area contributed by atoms with Crippen LogP contribution in [0.3, 0.4) is 0 Å². The number of thioether (sulfide) groups is 1. The maximum absolute atomic E-state index is 4.71. The molecule has 0 aromatic carbocycles. The Morgan fingerprint density at radius 2 is 2.18 bits per heavy atom. The molecule has 1 aromatic rings. The van der Waals surface area contributed by atoms with Gasteiger partial charge in [0.15, 0.2) is 0 Å². The second-order valence-electron chi connectivity index (χ2n) is 4.32. The summed E-state index contributed by atoms with van der Waals surface area (Å²) in [6.45, 7) is 3.15. The van der Waals surface area contributed by atoms with Crippen molar-refractivity contribution in [3.05, 3.63) is 15.1 Å². The topological polar surface area (TPSA) is 37.8 Å². The van der Waals surface area contributed by atoms with Crippen molar-refractivity contribution in [2.75, 3.05) is 18.1 Å². The predicted octanol–water partition coefficient (Wildman–Crippen LogP) is 3.64. The zero-order valence-electron chi connectivity index (χ0n) is 10.3. The molecule has 1 fully saturated rings. The molecule has 5 heteroatoms. The van der Waals surface area contributed by atoms with Crippen molar-refractivity contribution >= 4 is 40.2 Å². The summed E-state index contributed by atoms with van der Waals surface area (Å²) in [5, 5.41) is 3.42. The third-order valence-corrected chi connectivity index (χ3v) is 4.31. The Morgan fingerprint density at radius 1 is 1.41 bits per heavy atom. The molecule has 1 N–H and O–H groups in total. The van der Waals surface area contributed by atoms with E-state index in [1.807, 2.05) is 0 Å². The molecule has 0 bridgehead atoms. The molecule has 0 aliphatic heterocycles. The summed E-state index contributed by atoms with van der Waals surface area (Å²) in [5.74, 6) is 3.59. The van der Waals surface area contributed by atoms with Gasteiger partial charge in [-0.05, 0) is 48.1 Å². The molecule has 3 nitrogen and oxygen atoms in total. The SMILES string of the molecule is CCCNc1nc(CSC)nc(C2CC2)c1I. The Labute approximate surface area is 121 Å². The van der Waals surface area contributed by atoms with Crippen LogP contribution in [0, 0.1) is 3.57 Å². The Hall–Kier alpha value is -0.0400. The monoisotopic (exact) mass is 363 g/mol. The van der Waals surface area contributed by atoms with Gasteiger partial charge in [0.05, 0.1) is 15.0 Å². The van der Waals surface area contributed by atoms with Crippen LogP contribution in [-0.2, 0) is 5.75 Å². The molecule has 0 unspecified atom stereocenters. The van der Waals surface area contributed by atoms with E-state index in [2.05, 4.69) is 46.1 Å².